The Bertz CT molecular complexity index is 530. The quantitative estimate of drug-likeness (QED) is 0.823. The molecule has 0 spiro atoms. The van der Waals surface area contributed by atoms with Crippen LogP contribution in [0.3, 0.4) is 0 Å². The Labute approximate surface area is 147 Å². The molecule has 1 aromatic carbocycles. The van der Waals surface area contributed by atoms with Crippen LogP contribution >= 0.6 is 15.9 Å². The van der Waals surface area contributed by atoms with Gasteiger partial charge in [0.15, 0.2) is 0 Å². The van der Waals surface area contributed by atoms with E-state index in [0.717, 1.165) is 16.6 Å². The average Bonchev–Trinajstić information content (AvgIpc) is 2.53. The van der Waals surface area contributed by atoms with Crippen molar-refractivity contribution >= 4 is 21.8 Å². The largest absolute Gasteiger partial charge is 0.353 e. The summed E-state index contributed by atoms with van der Waals surface area (Å²) in [6.45, 7) is 7.96. The molecule has 0 aromatic heterocycles. The van der Waals surface area contributed by atoms with Gasteiger partial charge in [-0.15, -0.1) is 0 Å². The first kappa shape index (κ1) is 18.4. The summed E-state index contributed by atoms with van der Waals surface area (Å²) in [5.41, 5.74) is 6.08. The van der Waals surface area contributed by atoms with Crippen molar-refractivity contribution < 1.29 is 4.79 Å². The van der Waals surface area contributed by atoms with Crippen LogP contribution in [0.5, 0.6) is 0 Å². The zero-order chi connectivity index (χ0) is 17.0. The Hall–Kier alpha value is -0.910. The molecule has 0 bridgehead atoms. The molecule has 3 atom stereocenters. The first-order chi connectivity index (χ1) is 10.8. The summed E-state index contributed by atoms with van der Waals surface area (Å²) in [4.78, 5) is 15.0. The first-order valence-electron chi connectivity index (χ1n) is 8.41. The Morgan fingerprint density at radius 2 is 2.09 bits per heavy atom. The molecule has 1 aliphatic rings. The molecule has 1 fully saturated rings. The Kier molecular flexibility index (Phi) is 6.23. The van der Waals surface area contributed by atoms with Crippen molar-refractivity contribution in [1.82, 2.24) is 10.2 Å². The minimum absolute atomic E-state index is 0.128. The monoisotopic (exact) mass is 381 g/mol. The highest BCUT2D eigenvalue weighted by Gasteiger charge is 2.31. The molecule has 0 radical (unpaired) electrons. The molecule has 2 rings (SSSR count). The van der Waals surface area contributed by atoms with E-state index in [4.69, 9.17) is 5.73 Å². The van der Waals surface area contributed by atoms with E-state index in [9.17, 15) is 4.79 Å². The van der Waals surface area contributed by atoms with Crippen molar-refractivity contribution in [3.63, 3.8) is 0 Å². The van der Waals surface area contributed by atoms with Gasteiger partial charge in [-0.3, -0.25) is 9.69 Å². The number of piperidine rings is 1. The second-order valence-electron chi connectivity index (χ2n) is 6.85. The van der Waals surface area contributed by atoms with Gasteiger partial charge in [0.1, 0.15) is 5.54 Å². The highest BCUT2D eigenvalue weighted by molar-refractivity contribution is 9.10. The molecular formula is C18H28BrN3O. The number of hydrogen-bond donors (Lipinski definition) is 2. The van der Waals surface area contributed by atoms with Crippen molar-refractivity contribution in [2.45, 2.75) is 57.7 Å². The summed E-state index contributed by atoms with van der Waals surface area (Å²) >= 11 is 3.40. The molecule has 1 amide bonds. The summed E-state index contributed by atoms with van der Waals surface area (Å²) in [5, 5.41) is 3.04. The van der Waals surface area contributed by atoms with Gasteiger partial charge in [-0.05, 0) is 57.9 Å². The fourth-order valence-corrected chi connectivity index (χ4v) is 3.51. The second-order valence-corrected chi connectivity index (χ2v) is 7.77. The van der Waals surface area contributed by atoms with Crippen LogP contribution in [0, 0.1) is 0 Å². The summed E-state index contributed by atoms with van der Waals surface area (Å²) in [6, 6.07) is 8.51. The van der Waals surface area contributed by atoms with E-state index in [1.54, 1.807) is 6.92 Å². The lowest BCUT2D eigenvalue weighted by Crippen LogP contribution is -2.53. The van der Waals surface area contributed by atoms with Crippen LogP contribution in [0.2, 0.25) is 0 Å². The van der Waals surface area contributed by atoms with Crippen molar-refractivity contribution in [2.75, 3.05) is 13.1 Å². The van der Waals surface area contributed by atoms with Gasteiger partial charge in [0.2, 0.25) is 5.91 Å². The number of halogens is 1. The third-order valence-electron chi connectivity index (χ3n) is 4.89. The fourth-order valence-electron chi connectivity index (χ4n) is 3.24. The van der Waals surface area contributed by atoms with Gasteiger partial charge in [-0.2, -0.15) is 0 Å². The Morgan fingerprint density at radius 3 is 2.70 bits per heavy atom. The van der Waals surface area contributed by atoms with Crippen LogP contribution in [0.25, 0.3) is 0 Å². The maximum absolute atomic E-state index is 12.6. The minimum atomic E-state index is -1.02. The number of nitrogens with one attached hydrogen (secondary N) is 1. The molecule has 1 heterocycles. The molecule has 3 unspecified atom stereocenters. The lowest BCUT2D eigenvalue weighted by Gasteiger charge is -2.38. The standard InChI is InChI=1S/C18H28BrN3O/c1-13-6-4-5-11-22(13)14(2)12-21-17(23)18(3,20)15-7-9-16(19)10-8-15/h7-10,13-14H,4-6,11-12,20H2,1-3H3,(H,21,23). The Balaban J connectivity index is 1.94. The third kappa shape index (κ3) is 4.55. The summed E-state index contributed by atoms with van der Waals surface area (Å²) in [5.74, 6) is -0.128. The number of hydrogen-bond acceptors (Lipinski definition) is 3. The van der Waals surface area contributed by atoms with Crippen molar-refractivity contribution in [1.29, 1.82) is 0 Å². The van der Waals surface area contributed by atoms with Gasteiger partial charge < -0.3 is 11.1 Å². The average molecular weight is 382 g/mol. The van der Waals surface area contributed by atoms with Gasteiger partial charge in [-0.25, -0.2) is 0 Å². The van der Waals surface area contributed by atoms with Crippen molar-refractivity contribution in [3.05, 3.63) is 34.3 Å². The number of rotatable bonds is 5. The molecule has 23 heavy (non-hydrogen) atoms. The van der Waals surface area contributed by atoms with Crippen LogP contribution in [-0.2, 0) is 10.3 Å². The number of benzene rings is 1. The summed E-state index contributed by atoms with van der Waals surface area (Å²) < 4.78 is 0.977. The molecule has 1 saturated heterocycles. The maximum atomic E-state index is 12.6. The number of amides is 1. The van der Waals surface area contributed by atoms with Crippen LogP contribution < -0.4 is 11.1 Å². The number of nitrogens with zero attached hydrogens (tertiary/aromatic N) is 1. The van der Waals surface area contributed by atoms with Gasteiger partial charge in [0.25, 0.3) is 0 Å². The van der Waals surface area contributed by atoms with Crippen LogP contribution in [0.4, 0.5) is 0 Å². The summed E-state index contributed by atoms with van der Waals surface area (Å²) in [6.07, 6.45) is 3.79. The number of carbonyl (C=O) groups is 1. The lowest BCUT2D eigenvalue weighted by molar-refractivity contribution is -0.126. The zero-order valence-corrected chi connectivity index (χ0v) is 15.9. The predicted octanol–water partition coefficient (Wildman–Crippen LogP) is 3.00. The van der Waals surface area contributed by atoms with E-state index >= 15 is 0 Å². The van der Waals surface area contributed by atoms with Gasteiger partial charge in [-0.1, -0.05) is 34.5 Å². The maximum Gasteiger partial charge on any atom is 0.244 e. The molecular weight excluding hydrogens is 354 g/mol. The normalized spacial score (nSPS) is 23.1. The SMILES string of the molecule is CC1CCCCN1C(C)CNC(=O)C(C)(N)c1ccc(Br)cc1. The van der Waals surface area contributed by atoms with Crippen LogP contribution in [-0.4, -0.2) is 36.0 Å². The summed E-state index contributed by atoms with van der Waals surface area (Å²) in [7, 11) is 0. The number of nitrogens with two attached hydrogens (primary N) is 1. The Morgan fingerprint density at radius 1 is 1.43 bits per heavy atom. The first-order valence-corrected chi connectivity index (χ1v) is 9.20. The molecule has 0 aliphatic carbocycles. The topological polar surface area (TPSA) is 58.4 Å². The van der Waals surface area contributed by atoms with E-state index in [1.807, 2.05) is 24.3 Å². The van der Waals surface area contributed by atoms with Gasteiger partial charge in [0, 0.05) is 23.1 Å². The zero-order valence-electron chi connectivity index (χ0n) is 14.3. The van der Waals surface area contributed by atoms with E-state index in [0.29, 0.717) is 18.6 Å². The lowest BCUT2D eigenvalue weighted by atomic mass is 9.92. The van der Waals surface area contributed by atoms with Crippen molar-refractivity contribution in [2.24, 2.45) is 5.73 Å². The fraction of sp³-hybridized carbons (Fsp3) is 0.611. The smallest absolute Gasteiger partial charge is 0.244 e. The molecule has 5 heteroatoms. The molecule has 1 aromatic rings. The van der Waals surface area contributed by atoms with E-state index in [2.05, 4.69) is 40.0 Å². The molecule has 4 nitrogen and oxygen atoms in total. The third-order valence-corrected chi connectivity index (χ3v) is 5.42. The van der Waals surface area contributed by atoms with E-state index in [-0.39, 0.29) is 5.91 Å². The van der Waals surface area contributed by atoms with Crippen LogP contribution in [0.1, 0.15) is 45.6 Å². The molecule has 128 valence electrons. The predicted molar refractivity (Wildman–Crippen MR) is 98.2 cm³/mol. The van der Waals surface area contributed by atoms with Crippen molar-refractivity contribution in [3.8, 4) is 0 Å². The molecule has 0 saturated carbocycles. The van der Waals surface area contributed by atoms with E-state index in [1.165, 1.54) is 19.3 Å². The second kappa shape index (κ2) is 7.77. The van der Waals surface area contributed by atoms with Crippen LogP contribution in [0.15, 0.2) is 28.7 Å². The molecule has 1 aliphatic heterocycles. The van der Waals surface area contributed by atoms with E-state index < -0.39 is 5.54 Å². The molecule has 3 N–H and O–H groups in total. The van der Waals surface area contributed by atoms with Gasteiger partial charge >= 0.3 is 0 Å². The number of carbonyl (C=O) groups excluding carboxylic acids is 1. The highest BCUT2D eigenvalue weighted by Crippen LogP contribution is 2.21. The number of likely N-dealkylation sites (tertiary alicyclic amines) is 1. The van der Waals surface area contributed by atoms with Gasteiger partial charge in [0.05, 0.1) is 0 Å². The minimum Gasteiger partial charge on any atom is -0.353 e. The highest BCUT2D eigenvalue weighted by atomic mass is 79.9.